The van der Waals surface area contributed by atoms with Gasteiger partial charge in [0.05, 0.1) is 22.4 Å². The average molecular weight is 317 g/mol. The van der Waals surface area contributed by atoms with Gasteiger partial charge in [-0.05, 0) is 25.1 Å². The van der Waals surface area contributed by atoms with Crippen molar-refractivity contribution in [3.8, 4) is 0 Å². The summed E-state index contributed by atoms with van der Waals surface area (Å²) in [7, 11) is 0. The maximum Gasteiger partial charge on any atom is 0.341 e. The largest absolute Gasteiger partial charge is 0.477 e. The summed E-state index contributed by atoms with van der Waals surface area (Å²) in [5.74, 6) is -2.02. The third-order valence-corrected chi connectivity index (χ3v) is 4.36. The van der Waals surface area contributed by atoms with Gasteiger partial charge < -0.3 is 9.84 Å². The third kappa shape index (κ3) is 2.06. The Morgan fingerprint density at radius 1 is 1.27 bits per heavy atom. The van der Waals surface area contributed by atoms with Crippen molar-refractivity contribution < 1.29 is 19.4 Å². The predicted molar refractivity (Wildman–Crippen MR) is 82.0 cm³/mol. The second kappa shape index (κ2) is 5.27. The molecule has 0 aliphatic carbocycles. The number of carboxylic acids is 1. The first kappa shape index (κ1) is 14.3. The molecule has 0 bridgehead atoms. The van der Waals surface area contributed by atoms with Gasteiger partial charge in [0.15, 0.2) is 0 Å². The van der Waals surface area contributed by atoms with Crippen molar-refractivity contribution in [3.63, 3.8) is 0 Å². The summed E-state index contributed by atoms with van der Waals surface area (Å²) in [4.78, 5) is 36.2. The number of para-hydroxylation sites is 1. The number of aromatic carboxylic acids is 1. The van der Waals surface area contributed by atoms with E-state index in [-0.39, 0.29) is 12.2 Å². The highest BCUT2D eigenvalue weighted by Crippen LogP contribution is 2.28. The molecule has 0 amide bonds. The molecule has 0 unspecified atom stereocenters. The zero-order chi connectivity index (χ0) is 15.9. The second-order valence-electron chi connectivity index (χ2n) is 4.51. The van der Waals surface area contributed by atoms with Gasteiger partial charge in [0, 0.05) is 0 Å². The monoisotopic (exact) mass is 317 g/mol. The van der Waals surface area contributed by atoms with Gasteiger partial charge in [-0.1, -0.05) is 12.1 Å². The van der Waals surface area contributed by atoms with Crippen LogP contribution in [-0.4, -0.2) is 28.1 Å². The zero-order valence-corrected chi connectivity index (χ0v) is 12.3. The molecule has 0 spiro atoms. The Morgan fingerprint density at radius 3 is 2.68 bits per heavy atom. The van der Waals surface area contributed by atoms with Gasteiger partial charge in [-0.15, -0.1) is 11.3 Å². The lowest BCUT2D eigenvalue weighted by Gasteiger charge is -2.05. The number of benzene rings is 1. The summed E-state index contributed by atoms with van der Waals surface area (Å²) >= 11 is 1.25. The fraction of sp³-hybridized carbons (Fsp3) is 0.133. The SMILES string of the molecule is CCOC(=O)c1cc(C(=O)O)c(=O)n2c1sc1ccccc12. The molecule has 2 aromatic heterocycles. The molecule has 0 aliphatic heterocycles. The Labute approximate surface area is 128 Å². The smallest absolute Gasteiger partial charge is 0.341 e. The molecule has 0 saturated heterocycles. The summed E-state index contributed by atoms with van der Waals surface area (Å²) in [6.07, 6.45) is 0. The minimum atomic E-state index is -1.37. The third-order valence-electron chi connectivity index (χ3n) is 3.19. The predicted octanol–water partition coefficient (Wildman–Crippen LogP) is 2.39. The van der Waals surface area contributed by atoms with Crippen molar-refractivity contribution in [1.29, 1.82) is 0 Å². The van der Waals surface area contributed by atoms with E-state index < -0.39 is 23.1 Å². The van der Waals surface area contributed by atoms with Crippen LogP contribution in [0.15, 0.2) is 35.1 Å². The van der Waals surface area contributed by atoms with E-state index in [0.29, 0.717) is 10.3 Å². The molecule has 1 aromatic carbocycles. The first-order valence-electron chi connectivity index (χ1n) is 6.52. The Hall–Kier alpha value is -2.67. The maximum atomic E-state index is 12.4. The number of thiazole rings is 1. The molecular formula is C15H11NO5S. The molecule has 1 N–H and O–H groups in total. The van der Waals surface area contributed by atoms with Crippen LogP contribution in [0.5, 0.6) is 0 Å². The zero-order valence-electron chi connectivity index (χ0n) is 11.5. The molecule has 2 heterocycles. The Morgan fingerprint density at radius 2 is 2.00 bits per heavy atom. The van der Waals surface area contributed by atoms with Crippen LogP contribution in [0.1, 0.15) is 27.6 Å². The summed E-state index contributed by atoms with van der Waals surface area (Å²) in [6.45, 7) is 1.82. The molecule has 0 atom stereocenters. The van der Waals surface area contributed by atoms with E-state index in [1.165, 1.54) is 15.7 Å². The van der Waals surface area contributed by atoms with E-state index in [9.17, 15) is 19.5 Å². The number of pyridine rings is 1. The fourth-order valence-corrected chi connectivity index (χ4v) is 3.40. The Balaban J connectivity index is 2.49. The number of nitrogens with zero attached hydrogens (tertiary/aromatic N) is 1. The number of hydrogen-bond donors (Lipinski definition) is 1. The summed E-state index contributed by atoms with van der Waals surface area (Å²) in [6, 6.07) is 8.17. The van der Waals surface area contributed by atoms with Crippen molar-refractivity contribution >= 4 is 38.3 Å². The maximum absolute atomic E-state index is 12.4. The Bertz CT molecular complexity index is 969. The number of esters is 1. The van der Waals surface area contributed by atoms with Crippen molar-refractivity contribution in [2.45, 2.75) is 6.92 Å². The van der Waals surface area contributed by atoms with Crippen LogP contribution in [0.3, 0.4) is 0 Å². The van der Waals surface area contributed by atoms with Crippen molar-refractivity contribution in [2.24, 2.45) is 0 Å². The van der Waals surface area contributed by atoms with Crippen LogP contribution in [-0.2, 0) is 4.74 Å². The van der Waals surface area contributed by atoms with Crippen LogP contribution in [0.4, 0.5) is 0 Å². The lowest BCUT2D eigenvalue weighted by atomic mass is 10.2. The average Bonchev–Trinajstić information content (AvgIpc) is 2.87. The molecule has 3 rings (SSSR count). The highest BCUT2D eigenvalue weighted by Gasteiger charge is 2.22. The van der Waals surface area contributed by atoms with Gasteiger partial charge in [0.2, 0.25) is 0 Å². The number of ether oxygens (including phenoxy) is 1. The number of aromatic nitrogens is 1. The highest BCUT2D eigenvalue weighted by molar-refractivity contribution is 7.24. The molecule has 22 heavy (non-hydrogen) atoms. The molecule has 0 aliphatic rings. The summed E-state index contributed by atoms with van der Waals surface area (Å²) in [5, 5.41) is 9.21. The first-order chi connectivity index (χ1) is 10.5. The fourth-order valence-electron chi connectivity index (χ4n) is 2.26. The molecule has 112 valence electrons. The Kier molecular flexibility index (Phi) is 3.42. The normalized spacial score (nSPS) is 11.0. The molecule has 0 fully saturated rings. The highest BCUT2D eigenvalue weighted by atomic mass is 32.1. The number of carbonyl (C=O) groups is 2. The standard InChI is InChI=1S/C15H11NO5S/c1-2-21-15(20)9-7-8(14(18)19)12(17)16-10-5-3-4-6-11(10)22-13(9)16/h3-7H,2H2,1H3,(H,18,19). The van der Waals surface area contributed by atoms with Crippen LogP contribution >= 0.6 is 11.3 Å². The minimum Gasteiger partial charge on any atom is -0.477 e. The number of rotatable bonds is 3. The number of fused-ring (bicyclic) bond motifs is 3. The molecule has 0 saturated carbocycles. The lowest BCUT2D eigenvalue weighted by Crippen LogP contribution is -2.23. The van der Waals surface area contributed by atoms with Gasteiger partial charge in [-0.2, -0.15) is 0 Å². The summed E-state index contributed by atoms with van der Waals surface area (Å²) in [5.41, 5.74) is -0.460. The second-order valence-corrected chi connectivity index (χ2v) is 5.54. The van der Waals surface area contributed by atoms with Gasteiger partial charge in [0.25, 0.3) is 5.56 Å². The minimum absolute atomic E-state index is 0.0834. The van der Waals surface area contributed by atoms with Crippen molar-refractivity contribution in [3.05, 3.63) is 51.8 Å². The van der Waals surface area contributed by atoms with Crippen LogP contribution in [0.25, 0.3) is 15.0 Å². The van der Waals surface area contributed by atoms with Crippen LogP contribution < -0.4 is 5.56 Å². The summed E-state index contributed by atoms with van der Waals surface area (Å²) < 4.78 is 7.01. The van der Waals surface area contributed by atoms with E-state index in [4.69, 9.17) is 4.74 Å². The number of hydrogen-bond acceptors (Lipinski definition) is 5. The lowest BCUT2D eigenvalue weighted by molar-refractivity contribution is 0.0528. The van der Waals surface area contributed by atoms with Crippen molar-refractivity contribution in [2.75, 3.05) is 6.61 Å². The molecule has 6 nitrogen and oxygen atoms in total. The van der Waals surface area contributed by atoms with E-state index in [0.717, 1.165) is 10.8 Å². The number of carbonyl (C=O) groups excluding carboxylic acids is 1. The molecule has 7 heteroatoms. The number of carboxylic acid groups (broad SMARTS) is 1. The van der Waals surface area contributed by atoms with E-state index >= 15 is 0 Å². The van der Waals surface area contributed by atoms with Crippen molar-refractivity contribution in [1.82, 2.24) is 4.40 Å². The molecular weight excluding hydrogens is 306 g/mol. The first-order valence-corrected chi connectivity index (χ1v) is 7.34. The topological polar surface area (TPSA) is 85.1 Å². The van der Waals surface area contributed by atoms with Crippen LogP contribution in [0.2, 0.25) is 0 Å². The van der Waals surface area contributed by atoms with E-state index in [1.807, 2.05) is 12.1 Å². The molecule has 3 aromatic rings. The van der Waals surface area contributed by atoms with Gasteiger partial charge in [0.1, 0.15) is 10.4 Å². The molecule has 0 radical (unpaired) electrons. The van der Waals surface area contributed by atoms with Gasteiger partial charge in [-0.3, -0.25) is 9.20 Å². The van der Waals surface area contributed by atoms with Crippen LogP contribution in [0, 0.1) is 0 Å². The quantitative estimate of drug-likeness (QED) is 0.750. The van der Waals surface area contributed by atoms with Gasteiger partial charge in [-0.25, -0.2) is 9.59 Å². The van der Waals surface area contributed by atoms with E-state index in [2.05, 4.69) is 0 Å². The van der Waals surface area contributed by atoms with E-state index in [1.54, 1.807) is 19.1 Å². The van der Waals surface area contributed by atoms with Gasteiger partial charge >= 0.3 is 11.9 Å².